The van der Waals surface area contributed by atoms with Crippen LogP contribution in [0.5, 0.6) is 5.75 Å². The summed E-state index contributed by atoms with van der Waals surface area (Å²) in [5.74, 6) is 0.560. The molecule has 0 aliphatic carbocycles. The Morgan fingerprint density at radius 2 is 2.00 bits per heavy atom. The minimum atomic E-state index is 0.464. The molecule has 0 heterocycles. The predicted molar refractivity (Wildman–Crippen MR) is 84.4 cm³/mol. The molecule has 0 bridgehead atoms. The minimum Gasteiger partial charge on any atom is -0.495 e. The maximum Gasteiger partial charge on any atom is 0.146 e. The molecular weight excluding hydrogens is 349 g/mol. The Kier molecular flexibility index (Phi) is 4.86. The van der Waals surface area contributed by atoms with E-state index >= 15 is 0 Å². The van der Waals surface area contributed by atoms with Crippen molar-refractivity contribution < 1.29 is 4.74 Å². The molecule has 2 nitrogen and oxygen atoms in total. The van der Waals surface area contributed by atoms with Crippen molar-refractivity contribution in [1.29, 1.82) is 0 Å². The summed E-state index contributed by atoms with van der Waals surface area (Å²) in [6, 6.07) is 11.1. The number of benzene rings is 2. The third-order valence-corrected chi connectivity index (χ3v) is 3.39. The molecule has 0 fully saturated rings. The average Bonchev–Trinajstić information content (AvgIpc) is 2.36. The van der Waals surface area contributed by atoms with Gasteiger partial charge in [-0.05, 0) is 30.3 Å². The molecule has 2 rings (SSSR count). The third kappa shape index (κ3) is 3.72. The number of hydrogen-bond acceptors (Lipinski definition) is 2. The zero-order valence-corrected chi connectivity index (χ0v) is 13.1. The summed E-state index contributed by atoms with van der Waals surface area (Å²) in [5.41, 5.74) is 1.56. The molecule has 0 saturated carbocycles. The Morgan fingerprint density at radius 1 is 1.21 bits per heavy atom. The highest BCUT2D eigenvalue weighted by molar-refractivity contribution is 9.10. The van der Waals surface area contributed by atoms with E-state index in [0.717, 1.165) is 15.7 Å². The first kappa shape index (κ1) is 14.4. The van der Waals surface area contributed by atoms with Gasteiger partial charge in [-0.25, -0.2) is 0 Å². The van der Waals surface area contributed by atoms with E-state index < -0.39 is 0 Å². The van der Waals surface area contributed by atoms with Crippen molar-refractivity contribution in [2.24, 2.45) is 4.99 Å². The summed E-state index contributed by atoms with van der Waals surface area (Å²) in [6.45, 7) is 0. The van der Waals surface area contributed by atoms with Crippen molar-refractivity contribution in [3.05, 3.63) is 56.5 Å². The van der Waals surface area contributed by atoms with Gasteiger partial charge in [0.2, 0.25) is 0 Å². The van der Waals surface area contributed by atoms with Crippen LogP contribution in [-0.4, -0.2) is 13.3 Å². The van der Waals surface area contributed by atoms with E-state index in [1.807, 2.05) is 24.3 Å². The minimum absolute atomic E-state index is 0.464. The summed E-state index contributed by atoms with van der Waals surface area (Å²) in [7, 11) is 1.56. The summed E-state index contributed by atoms with van der Waals surface area (Å²) < 4.78 is 6.22. The van der Waals surface area contributed by atoms with Crippen LogP contribution in [-0.2, 0) is 0 Å². The van der Waals surface area contributed by atoms with E-state index in [1.54, 1.807) is 25.5 Å². The van der Waals surface area contributed by atoms with Crippen LogP contribution in [0.4, 0.5) is 5.69 Å². The van der Waals surface area contributed by atoms with Gasteiger partial charge in [-0.15, -0.1) is 0 Å². The van der Waals surface area contributed by atoms with Crippen molar-refractivity contribution in [3.8, 4) is 5.75 Å². The first-order valence-corrected chi connectivity index (χ1v) is 6.97. The maximum atomic E-state index is 6.06. The highest BCUT2D eigenvalue weighted by Gasteiger charge is 2.07. The lowest BCUT2D eigenvalue weighted by Crippen LogP contribution is -1.92. The second-order valence-electron chi connectivity index (χ2n) is 3.75. The van der Waals surface area contributed by atoms with Gasteiger partial charge >= 0.3 is 0 Å². The van der Waals surface area contributed by atoms with Gasteiger partial charge in [-0.2, -0.15) is 0 Å². The van der Waals surface area contributed by atoms with E-state index in [9.17, 15) is 0 Å². The smallest absolute Gasteiger partial charge is 0.146 e. The van der Waals surface area contributed by atoms with Gasteiger partial charge in [-0.1, -0.05) is 45.2 Å². The molecule has 5 heteroatoms. The van der Waals surface area contributed by atoms with Crippen molar-refractivity contribution in [3.63, 3.8) is 0 Å². The molecule has 0 aromatic heterocycles. The van der Waals surface area contributed by atoms with Crippen molar-refractivity contribution in [2.75, 3.05) is 7.11 Å². The van der Waals surface area contributed by atoms with Gasteiger partial charge in [0.25, 0.3) is 0 Å². The van der Waals surface area contributed by atoms with Crippen LogP contribution in [0.3, 0.4) is 0 Å². The van der Waals surface area contributed by atoms with Crippen molar-refractivity contribution in [2.45, 2.75) is 0 Å². The molecule has 19 heavy (non-hydrogen) atoms. The summed E-state index contributed by atoms with van der Waals surface area (Å²) in [4.78, 5) is 4.38. The molecule has 0 N–H and O–H groups in total. The highest BCUT2D eigenvalue weighted by Crippen LogP contribution is 2.31. The zero-order chi connectivity index (χ0) is 13.8. The van der Waals surface area contributed by atoms with Crippen LogP contribution < -0.4 is 4.74 Å². The number of methoxy groups -OCH3 is 1. The molecule has 0 unspecified atom stereocenters. The lowest BCUT2D eigenvalue weighted by molar-refractivity contribution is 0.414. The van der Waals surface area contributed by atoms with Crippen LogP contribution in [0.25, 0.3) is 0 Å². The van der Waals surface area contributed by atoms with Gasteiger partial charge in [0.1, 0.15) is 5.75 Å². The number of ether oxygens (including phenoxy) is 1. The Bertz CT molecular complexity index is 629. The summed E-state index contributed by atoms with van der Waals surface area (Å²) in [5, 5.41) is 1.01. The Labute approximate surface area is 130 Å². The monoisotopic (exact) mass is 357 g/mol. The lowest BCUT2D eigenvalue weighted by Gasteiger charge is -2.07. The van der Waals surface area contributed by atoms with Crippen LogP contribution in [0, 0.1) is 0 Å². The van der Waals surface area contributed by atoms with Crippen molar-refractivity contribution >= 4 is 51.0 Å². The largest absolute Gasteiger partial charge is 0.495 e. The number of nitrogens with zero attached hydrogens (tertiary/aromatic N) is 1. The molecule has 0 atom stereocenters. The third-order valence-electron chi connectivity index (χ3n) is 2.40. The number of rotatable bonds is 3. The fourth-order valence-corrected chi connectivity index (χ4v) is 2.57. The quantitative estimate of drug-likeness (QED) is 0.662. The molecule has 98 valence electrons. The second kappa shape index (κ2) is 6.42. The van der Waals surface area contributed by atoms with Crippen molar-refractivity contribution in [1.82, 2.24) is 0 Å². The van der Waals surface area contributed by atoms with Gasteiger partial charge in [0, 0.05) is 21.3 Å². The molecule has 0 aliphatic heterocycles. The van der Waals surface area contributed by atoms with Gasteiger partial charge in [0.15, 0.2) is 0 Å². The van der Waals surface area contributed by atoms with Gasteiger partial charge in [-0.3, -0.25) is 4.99 Å². The average molecular weight is 359 g/mol. The maximum absolute atomic E-state index is 6.06. The molecule has 2 aromatic rings. The summed E-state index contributed by atoms with van der Waals surface area (Å²) in [6.07, 6.45) is 1.68. The van der Waals surface area contributed by atoms with Crippen LogP contribution in [0.15, 0.2) is 45.9 Å². The molecule has 0 spiro atoms. The van der Waals surface area contributed by atoms with E-state index in [-0.39, 0.29) is 0 Å². The number of halogens is 3. The molecule has 0 saturated heterocycles. The Hall–Kier alpha value is -1.03. The molecule has 0 amide bonds. The van der Waals surface area contributed by atoms with E-state index in [1.165, 1.54) is 0 Å². The van der Waals surface area contributed by atoms with Crippen LogP contribution >= 0.6 is 39.1 Å². The lowest BCUT2D eigenvalue weighted by atomic mass is 10.2. The topological polar surface area (TPSA) is 21.6 Å². The normalized spacial score (nSPS) is 10.9. The van der Waals surface area contributed by atoms with E-state index in [0.29, 0.717) is 15.8 Å². The predicted octanol–water partition coefficient (Wildman–Crippen LogP) is 5.52. The second-order valence-corrected chi connectivity index (χ2v) is 5.51. The first-order chi connectivity index (χ1) is 9.10. The molecule has 0 radical (unpaired) electrons. The van der Waals surface area contributed by atoms with Gasteiger partial charge in [0.05, 0.1) is 17.8 Å². The Morgan fingerprint density at radius 3 is 2.68 bits per heavy atom. The highest BCUT2D eigenvalue weighted by atomic mass is 79.9. The van der Waals surface area contributed by atoms with E-state index in [2.05, 4.69) is 20.9 Å². The van der Waals surface area contributed by atoms with Gasteiger partial charge < -0.3 is 4.74 Å². The number of aliphatic imine (C=N–C) groups is 1. The standard InChI is InChI=1S/C14H10BrCl2NO/c1-19-14-9(5-11(16)7-13(14)17)8-18-12-4-2-3-10(15)6-12/h2-8H,1H3. The molecule has 2 aromatic carbocycles. The summed E-state index contributed by atoms with van der Waals surface area (Å²) >= 11 is 15.4. The first-order valence-electron chi connectivity index (χ1n) is 5.43. The zero-order valence-electron chi connectivity index (χ0n) is 10.0. The van der Waals surface area contributed by atoms with Crippen LogP contribution in [0.2, 0.25) is 10.0 Å². The number of hydrogen-bond donors (Lipinski definition) is 0. The fraction of sp³-hybridized carbons (Fsp3) is 0.0714. The van der Waals surface area contributed by atoms with E-state index in [4.69, 9.17) is 27.9 Å². The van der Waals surface area contributed by atoms with Crippen LogP contribution in [0.1, 0.15) is 5.56 Å². The SMILES string of the molecule is COc1c(Cl)cc(Cl)cc1C=Nc1cccc(Br)c1. The fourth-order valence-electron chi connectivity index (χ4n) is 1.59. The molecule has 0 aliphatic rings. The molecular formula is C14H10BrCl2NO. The Balaban J connectivity index is 2.38.